The first-order valence-electron chi connectivity index (χ1n) is 3.72. The van der Waals surface area contributed by atoms with Crippen LogP contribution in [0, 0.1) is 6.92 Å². The molecule has 66 valence electrons. The summed E-state index contributed by atoms with van der Waals surface area (Å²) >= 11 is 5.77. The molecular formula is C8H7ClN4. The van der Waals surface area contributed by atoms with Crippen molar-refractivity contribution in [2.75, 3.05) is 5.73 Å². The number of aromatic nitrogens is 3. The number of nitrogens with zero attached hydrogens (tertiary/aromatic N) is 3. The van der Waals surface area contributed by atoms with Crippen molar-refractivity contribution in [1.29, 1.82) is 0 Å². The average Bonchev–Trinajstić information content (AvgIpc) is 2.07. The van der Waals surface area contributed by atoms with E-state index in [9.17, 15) is 0 Å². The normalized spacial score (nSPS) is 10.6. The summed E-state index contributed by atoms with van der Waals surface area (Å²) in [5, 5.41) is 1.16. The van der Waals surface area contributed by atoms with Crippen molar-refractivity contribution >= 4 is 28.3 Å². The van der Waals surface area contributed by atoms with E-state index >= 15 is 0 Å². The van der Waals surface area contributed by atoms with Gasteiger partial charge in [0.25, 0.3) is 0 Å². The molecule has 2 aromatic rings. The number of rotatable bonds is 0. The number of pyridine rings is 1. The first-order chi connectivity index (χ1) is 6.18. The maximum Gasteiger partial charge on any atom is 0.134 e. The lowest BCUT2D eigenvalue weighted by Crippen LogP contribution is -1.96. The largest absolute Gasteiger partial charge is 0.383 e. The van der Waals surface area contributed by atoms with Crippen molar-refractivity contribution in [3.8, 4) is 0 Å². The molecule has 5 heteroatoms. The fourth-order valence-corrected chi connectivity index (χ4v) is 1.44. The fraction of sp³-hybridized carbons (Fsp3) is 0.125. The van der Waals surface area contributed by atoms with Crippen molar-refractivity contribution in [2.45, 2.75) is 6.92 Å². The van der Waals surface area contributed by atoms with Gasteiger partial charge in [0.2, 0.25) is 0 Å². The zero-order chi connectivity index (χ0) is 9.42. The molecule has 0 atom stereocenters. The van der Waals surface area contributed by atoms with Gasteiger partial charge in [-0.25, -0.2) is 15.0 Å². The topological polar surface area (TPSA) is 64.7 Å². The number of nitrogens with two attached hydrogens (primary N) is 1. The number of fused-ring (bicyclic) bond motifs is 1. The van der Waals surface area contributed by atoms with Crippen LogP contribution in [0.15, 0.2) is 12.4 Å². The van der Waals surface area contributed by atoms with Crippen LogP contribution in [-0.2, 0) is 0 Å². The molecule has 0 radical (unpaired) electrons. The molecular weight excluding hydrogens is 188 g/mol. The number of aryl methyl sites for hydroxylation is 1. The average molecular weight is 195 g/mol. The van der Waals surface area contributed by atoms with Crippen molar-refractivity contribution < 1.29 is 0 Å². The summed E-state index contributed by atoms with van der Waals surface area (Å²) in [4.78, 5) is 12.0. The molecule has 0 aromatic carbocycles. The number of nitrogen functional groups attached to an aromatic ring is 1. The van der Waals surface area contributed by atoms with Gasteiger partial charge >= 0.3 is 0 Å². The van der Waals surface area contributed by atoms with Crippen LogP contribution in [0.5, 0.6) is 0 Å². The van der Waals surface area contributed by atoms with Crippen molar-refractivity contribution in [3.63, 3.8) is 0 Å². The van der Waals surface area contributed by atoms with Gasteiger partial charge in [-0.3, -0.25) is 0 Å². The van der Waals surface area contributed by atoms with Crippen molar-refractivity contribution in [2.24, 2.45) is 0 Å². The third kappa shape index (κ3) is 1.29. The van der Waals surface area contributed by atoms with Gasteiger partial charge in [-0.1, -0.05) is 11.6 Å². The Morgan fingerprint density at radius 1 is 1.38 bits per heavy atom. The van der Waals surface area contributed by atoms with Gasteiger partial charge in [-0.2, -0.15) is 0 Å². The highest BCUT2D eigenvalue weighted by atomic mass is 35.5. The second-order valence-corrected chi connectivity index (χ2v) is 3.07. The number of halogens is 1. The van der Waals surface area contributed by atoms with Gasteiger partial charge in [0.15, 0.2) is 0 Å². The summed E-state index contributed by atoms with van der Waals surface area (Å²) in [5.41, 5.74) is 7.16. The van der Waals surface area contributed by atoms with Crippen LogP contribution in [0.25, 0.3) is 10.9 Å². The van der Waals surface area contributed by atoms with Crippen molar-refractivity contribution in [3.05, 3.63) is 23.2 Å². The van der Waals surface area contributed by atoms with E-state index in [0.29, 0.717) is 11.0 Å². The Morgan fingerprint density at radius 2 is 2.15 bits per heavy atom. The highest BCUT2D eigenvalue weighted by Gasteiger charge is 2.05. The molecule has 0 amide bonds. The quantitative estimate of drug-likeness (QED) is 0.647. The summed E-state index contributed by atoms with van der Waals surface area (Å²) in [6.07, 6.45) is 1.42. The molecule has 0 aliphatic carbocycles. The number of hydrogen-bond acceptors (Lipinski definition) is 4. The van der Waals surface area contributed by atoms with Crippen LogP contribution in [0.1, 0.15) is 5.69 Å². The SMILES string of the molecule is Cc1nc(Cl)cc2c(N)ncnc12. The molecule has 2 N–H and O–H groups in total. The predicted molar refractivity (Wildman–Crippen MR) is 51.5 cm³/mol. The van der Waals surface area contributed by atoms with Crippen LogP contribution < -0.4 is 5.73 Å². The van der Waals surface area contributed by atoms with E-state index in [1.165, 1.54) is 6.33 Å². The van der Waals surface area contributed by atoms with E-state index in [1.807, 2.05) is 6.92 Å². The lowest BCUT2D eigenvalue weighted by atomic mass is 10.2. The Balaban J connectivity index is 2.94. The van der Waals surface area contributed by atoms with Gasteiger partial charge in [-0.15, -0.1) is 0 Å². The summed E-state index contributed by atoms with van der Waals surface area (Å²) in [6, 6.07) is 1.67. The Morgan fingerprint density at radius 3 is 2.92 bits per heavy atom. The molecule has 0 unspecified atom stereocenters. The third-order valence-electron chi connectivity index (χ3n) is 1.80. The van der Waals surface area contributed by atoms with E-state index in [4.69, 9.17) is 17.3 Å². The molecule has 2 rings (SSSR count). The predicted octanol–water partition coefficient (Wildman–Crippen LogP) is 1.57. The highest BCUT2D eigenvalue weighted by molar-refractivity contribution is 6.30. The van der Waals surface area contributed by atoms with E-state index < -0.39 is 0 Å². The molecule has 0 aliphatic rings. The standard InChI is InChI=1S/C8H7ClN4/c1-4-7-5(2-6(9)13-4)8(10)12-3-11-7/h2-3H,1H3,(H2,10,11,12). The second-order valence-electron chi connectivity index (χ2n) is 2.69. The van der Waals surface area contributed by atoms with Crippen LogP contribution >= 0.6 is 11.6 Å². The summed E-state index contributed by atoms with van der Waals surface area (Å²) in [6.45, 7) is 1.83. The molecule has 0 aliphatic heterocycles. The molecule has 0 bridgehead atoms. The first-order valence-corrected chi connectivity index (χ1v) is 4.09. The number of anilines is 1. The second kappa shape index (κ2) is 2.81. The van der Waals surface area contributed by atoms with E-state index in [0.717, 1.165) is 16.6 Å². The van der Waals surface area contributed by atoms with Crippen LogP contribution in [0.4, 0.5) is 5.82 Å². The molecule has 0 spiro atoms. The molecule has 2 aromatic heterocycles. The number of hydrogen-bond donors (Lipinski definition) is 1. The van der Waals surface area contributed by atoms with Gasteiger partial charge < -0.3 is 5.73 Å². The van der Waals surface area contributed by atoms with Gasteiger partial charge in [0, 0.05) is 5.39 Å². The third-order valence-corrected chi connectivity index (χ3v) is 1.99. The smallest absolute Gasteiger partial charge is 0.134 e. The van der Waals surface area contributed by atoms with Crippen molar-refractivity contribution in [1.82, 2.24) is 15.0 Å². The van der Waals surface area contributed by atoms with Crippen LogP contribution in [0.3, 0.4) is 0 Å². The van der Waals surface area contributed by atoms with Gasteiger partial charge in [0.1, 0.15) is 17.3 Å². The molecule has 2 heterocycles. The maximum absolute atomic E-state index is 5.77. The van der Waals surface area contributed by atoms with Crippen LogP contribution in [-0.4, -0.2) is 15.0 Å². The lowest BCUT2D eigenvalue weighted by molar-refractivity contribution is 1.16. The maximum atomic E-state index is 5.77. The summed E-state index contributed by atoms with van der Waals surface area (Å²) in [5.74, 6) is 0.428. The fourth-order valence-electron chi connectivity index (χ4n) is 1.20. The van der Waals surface area contributed by atoms with Gasteiger partial charge in [0.05, 0.1) is 11.2 Å². The minimum absolute atomic E-state index is 0.409. The molecule has 4 nitrogen and oxygen atoms in total. The Labute approximate surface area is 79.8 Å². The first kappa shape index (κ1) is 8.19. The summed E-state index contributed by atoms with van der Waals surface area (Å²) < 4.78 is 0. The molecule has 0 saturated heterocycles. The monoisotopic (exact) mass is 194 g/mol. The lowest BCUT2D eigenvalue weighted by Gasteiger charge is -2.02. The highest BCUT2D eigenvalue weighted by Crippen LogP contribution is 2.21. The zero-order valence-corrected chi connectivity index (χ0v) is 7.71. The van der Waals surface area contributed by atoms with Crippen LogP contribution in [0.2, 0.25) is 5.15 Å². The van der Waals surface area contributed by atoms with E-state index in [-0.39, 0.29) is 0 Å². The molecule has 13 heavy (non-hydrogen) atoms. The molecule has 0 fully saturated rings. The molecule has 0 saturated carbocycles. The zero-order valence-electron chi connectivity index (χ0n) is 6.95. The summed E-state index contributed by atoms with van der Waals surface area (Å²) in [7, 11) is 0. The Bertz CT molecular complexity index is 469. The minimum Gasteiger partial charge on any atom is -0.383 e. The van der Waals surface area contributed by atoms with E-state index in [1.54, 1.807) is 6.07 Å². The Hall–Kier alpha value is -1.42. The Kier molecular flexibility index (Phi) is 1.77. The van der Waals surface area contributed by atoms with Gasteiger partial charge in [-0.05, 0) is 13.0 Å². The minimum atomic E-state index is 0.409. The van der Waals surface area contributed by atoms with E-state index in [2.05, 4.69) is 15.0 Å².